The van der Waals surface area contributed by atoms with Gasteiger partial charge in [-0.2, -0.15) is 4.80 Å². The van der Waals surface area contributed by atoms with Gasteiger partial charge >= 0.3 is 5.97 Å². The predicted octanol–water partition coefficient (Wildman–Crippen LogP) is 0.903. The number of hydrogen-bond acceptors (Lipinski definition) is 5. The summed E-state index contributed by atoms with van der Waals surface area (Å²) in [6, 6.07) is 9.55. The summed E-state index contributed by atoms with van der Waals surface area (Å²) in [4.78, 5) is 12.3. The molecule has 6 nitrogen and oxygen atoms in total. The number of carbonyl (C=O) groups is 1. The Balaban J connectivity index is 2.04. The molecule has 0 unspecified atom stereocenters. The van der Waals surface area contributed by atoms with Crippen LogP contribution < -0.4 is 0 Å². The molecule has 0 saturated heterocycles. The topological polar surface area (TPSA) is 69.9 Å². The van der Waals surface area contributed by atoms with E-state index in [1.54, 1.807) is 0 Å². The summed E-state index contributed by atoms with van der Waals surface area (Å²) >= 11 is 0. The Bertz CT molecular complexity index is 495. The molecule has 0 aliphatic carbocycles. The number of benzene rings is 1. The van der Waals surface area contributed by atoms with Crippen molar-refractivity contribution in [1.29, 1.82) is 0 Å². The standard InChI is InChI=1S/C11H12N4O2/c1-17-10(16)7-8-15-13-11(12-14-15)9-5-3-2-4-6-9/h2-6H,7-8H2,1H3. The Morgan fingerprint density at radius 3 is 2.82 bits per heavy atom. The summed E-state index contributed by atoms with van der Waals surface area (Å²) in [6.45, 7) is 0.368. The first-order valence-electron chi connectivity index (χ1n) is 5.19. The highest BCUT2D eigenvalue weighted by atomic mass is 16.5. The van der Waals surface area contributed by atoms with Crippen molar-refractivity contribution in [3.8, 4) is 11.4 Å². The molecule has 0 saturated carbocycles. The van der Waals surface area contributed by atoms with Crippen molar-refractivity contribution in [3.63, 3.8) is 0 Å². The van der Waals surface area contributed by atoms with Gasteiger partial charge in [-0.1, -0.05) is 30.3 Å². The Labute approximate surface area is 98.2 Å². The molecular weight excluding hydrogens is 220 g/mol. The Morgan fingerprint density at radius 2 is 2.12 bits per heavy atom. The van der Waals surface area contributed by atoms with E-state index in [9.17, 15) is 4.79 Å². The summed E-state index contributed by atoms with van der Waals surface area (Å²) in [5.74, 6) is 0.263. The van der Waals surface area contributed by atoms with Crippen LogP contribution in [0.5, 0.6) is 0 Å². The zero-order valence-electron chi connectivity index (χ0n) is 9.41. The number of tetrazole rings is 1. The van der Waals surface area contributed by atoms with Crippen LogP contribution in [0.4, 0.5) is 0 Å². The van der Waals surface area contributed by atoms with Gasteiger partial charge in [0.15, 0.2) is 0 Å². The zero-order chi connectivity index (χ0) is 12.1. The second-order valence-electron chi connectivity index (χ2n) is 3.40. The number of ether oxygens (including phenoxy) is 1. The molecule has 0 amide bonds. The lowest BCUT2D eigenvalue weighted by Crippen LogP contribution is -2.09. The van der Waals surface area contributed by atoms with Crippen molar-refractivity contribution >= 4 is 5.97 Å². The average molecular weight is 232 g/mol. The van der Waals surface area contributed by atoms with Gasteiger partial charge in [-0.15, -0.1) is 10.2 Å². The van der Waals surface area contributed by atoms with E-state index in [2.05, 4.69) is 20.1 Å². The number of carbonyl (C=O) groups excluding carboxylic acids is 1. The second-order valence-corrected chi connectivity index (χ2v) is 3.40. The van der Waals surface area contributed by atoms with Crippen molar-refractivity contribution in [2.24, 2.45) is 0 Å². The smallest absolute Gasteiger partial charge is 0.307 e. The molecule has 0 fully saturated rings. The number of nitrogens with zero attached hydrogens (tertiary/aromatic N) is 4. The molecule has 2 rings (SSSR count). The first kappa shape index (κ1) is 11.3. The fraction of sp³-hybridized carbons (Fsp3) is 0.273. The second kappa shape index (κ2) is 5.20. The van der Waals surface area contributed by atoms with Gasteiger partial charge in [0.2, 0.25) is 5.82 Å². The molecule has 2 aromatic rings. The van der Waals surface area contributed by atoms with Crippen LogP contribution in [0.1, 0.15) is 6.42 Å². The largest absolute Gasteiger partial charge is 0.469 e. The van der Waals surface area contributed by atoms with E-state index in [1.165, 1.54) is 11.9 Å². The molecular formula is C11H12N4O2. The number of aromatic nitrogens is 4. The van der Waals surface area contributed by atoms with Crippen LogP contribution in [0.3, 0.4) is 0 Å². The quantitative estimate of drug-likeness (QED) is 0.732. The van der Waals surface area contributed by atoms with Crippen molar-refractivity contribution < 1.29 is 9.53 Å². The molecule has 6 heteroatoms. The number of hydrogen-bond donors (Lipinski definition) is 0. The van der Waals surface area contributed by atoms with Crippen molar-refractivity contribution in [2.75, 3.05) is 7.11 Å². The summed E-state index contributed by atoms with van der Waals surface area (Å²) in [5, 5.41) is 12.0. The molecule has 0 atom stereocenters. The lowest BCUT2D eigenvalue weighted by atomic mass is 10.2. The van der Waals surface area contributed by atoms with Gasteiger partial charge in [-0.25, -0.2) is 0 Å². The molecule has 0 spiro atoms. The minimum atomic E-state index is -0.288. The minimum absolute atomic E-state index is 0.237. The van der Waals surface area contributed by atoms with Crippen LogP contribution in [0.25, 0.3) is 11.4 Å². The normalized spacial score (nSPS) is 10.2. The van der Waals surface area contributed by atoms with Crippen LogP contribution >= 0.6 is 0 Å². The molecule has 0 aliphatic heterocycles. The SMILES string of the molecule is COC(=O)CCn1nnc(-c2ccccc2)n1. The maximum absolute atomic E-state index is 11.0. The summed E-state index contributed by atoms with van der Waals surface area (Å²) < 4.78 is 4.54. The summed E-state index contributed by atoms with van der Waals surface area (Å²) in [5.41, 5.74) is 0.900. The van der Waals surface area contributed by atoms with E-state index in [1.807, 2.05) is 30.3 Å². The Morgan fingerprint density at radius 1 is 1.35 bits per heavy atom. The van der Waals surface area contributed by atoms with Gasteiger partial charge in [0, 0.05) is 5.56 Å². The number of esters is 1. The minimum Gasteiger partial charge on any atom is -0.469 e. The van der Waals surface area contributed by atoms with E-state index in [4.69, 9.17) is 0 Å². The molecule has 1 aromatic heterocycles. The van der Waals surface area contributed by atoms with Crippen molar-refractivity contribution in [3.05, 3.63) is 30.3 Å². The maximum atomic E-state index is 11.0. The molecule has 0 aliphatic rings. The van der Waals surface area contributed by atoms with E-state index >= 15 is 0 Å². The lowest BCUT2D eigenvalue weighted by Gasteiger charge is -1.97. The fourth-order valence-electron chi connectivity index (χ4n) is 1.33. The molecule has 0 N–H and O–H groups in total. The van der Waals surface area contributed by atoms with Crippen molar-refractivity contribution in [2.45, 2.75) is 13.0 Å². The van der Waals surface area contributed by atoms with E-state index in [-0.39, 0.29) is 12.4 Å². The van der Waals surface area contributed by atoms with Crippen LogP contribution in [-0.2, 0) is 16.1 Å². The molecule has 88 valence electrons. The van der Waals surface area contributed by atoms with Gasteiger partial charge < -0.3 is 4.74 Å². The van der Waals surface area contributed by atoms with Crippen LogP contribution in [0.15, 0.2) is 30.3 Å². The number of aryl methyl sites for hydroxylation is 1. The monoisotopic (exact) mass is 232 g/mol. The molecule has 17 heavy (non-hydrogen) atoms. The Hall–Kier alpha value is -2.24. The van der Waals surface area contributed by atoms with Gasteiger partial charge in [0.25, 0.3) is 0 Å². The lowest BCUT2D eigenvalue weighted by molar-refractivity contribution is -0.140. The molecule has 1 heterocycles. The third-order valence-electron chi connectivity index (χ3n) is 2.23. The van der Waals surface area contributed by atoms with E-state index < -0.39 is 0 Å². The maximum Gasteiger partial charge on any atom is 0.307 e. The van der Waals surface area contributed by atoms with Gasteiger partial charge in [0.05, 0.1) is 20.1 Å². The Kier molecular flexibility index (Phi) is 3.44. The summed E-state index contributed by atoms with van der Waals surface area (Å²) in [6.07, 6.45) is 0.237. The number of rotatable bonds is 4. The average Bonchev–Trinajstić information content (AvgIpc) is 2.86. The molecule has 1 aromatic carbocycles. The first-order valence-corrected chi connectivity index (χ1v) is 5.19. The van der Waals surface area contributed by atoms with Crippen LogP contribution in [0.2, 0.25) is 0 Å². The molecule has 0 bridgehead atoms. The van der Waals surface area contributed by atoms with Crippen LogP contribution in [-0.4, -0.2) is 33.3 Å². The fourth-order valence-corrected chi connectivity index (χ4v) is 1.33. The van der Waals surface area contributed by atoms with E-state index in [0.29, 0.717) is 12.4 Å². The van der Waals surface area contributed by atoms with E-state index in [0.717, 1.165) is 5.56 Å². The van der Waals surface area contributed by atoms with Gasteiger partial charge in [0.1, 0.15) is 0 Å². The zero-order valence-corrected chi connectivity index (χ0v) is 9.41. The first-order chi connectivity index (χ1) is 8.29. The number of methoxy groups -OCH3 is 1. The highest BCUT2D eigenvalue weighted by molar-refractivity contribution is 5.68. The highest BCUT2D eigenvalue weighted by Crippen LogP contribution is 2.11. The highest BCUT2D eigenvalue weighted by Gasteiger charge is 2.06. The third-order valence-corrected chi connectivity index (χ3v) is 2.23. The van der Waals surface area contributed by atoms with Gasteiger partial charge in [-0.3, -0.25) is 4.79 Å². The van der Waals surface area contributed by atoms with Crippen LogP contribution in [0, 0.1) is 0 Å². The molecule has 0 radical (unpaired) electrons. The summed E-state index contributed by atoms with van der Waals surface area (Å²) in [7, 11) is 1.35. The predicted molar refractivity (Wildman–Crippen MR) is 59.9 cm³/mol. The van der Waals surface area contributed by atoms with Crippen molar-refractivity contribution in [1.82, 2.24) is 20.2 Å². The van der Waals surface area contributed by atoms with Gasteiger partial charge in [-0.05, 0) is 5.21 Å². The third kappa shape index (κ3) is 2.87.